The van der Waals surface area contributed by atoms with Gasteiger partial charge in [0, 0.05) is 36.9 Å². The van der Waals surface area contributed by atoms with Crippen LogP contribution >= 0.6 is 11.6 Å². The fourth-order valence-corrected chi connectivity index (χ4v) is 1.67. The molecule has 0 atom stereocenters. The summed E-state index contributed by atoms with van der Waals surface area (Å²) in [4.78, 5) is 15.4. The van der Waals surface area contributed by atoms with E-state index < -0.39 is 0 Å². The second kappa shape index (κ2) is 10.2. The quantitative estimate of drug-likeness (QED) is 0.476. The standard InChI is InChI=1S/C15H21ClN6O2/c1-4-22-10-13(16)11(3)7-19-15(21-22)20-12(6-17)8-18-9-14(23)24-5-2/h6-8,10,17-18H,3-5,9H2,1-2H3,(H,20,21)/b12-8+,13-10+,17-6?,19-7-. The maximum atomic E-state index is 11.3. The lowest BCUT2D eigenvalue weighted by Gasteiger charge is -2.17. The smallest absolute Gasteiger partial charge is 0.325 e. The first-order valence-electron chi connectivity index (χ1n) is 7.32. The molecule has 0 bridgehead atoms. The van der Waals surface area contributed by atoms with Gasteiger partial charge in [-0.05, 0) is 13.8 Å². The van der Waals surface area contributed by atoms with Crippen LogP contribution in [0.4, 0.5) is 0 Å². The van der Waals surface area contributed by atoms with E-state index in [0.29, 0.717) is 29.5 Å². The van der Waals surface area contributed by atoms with Crippen molar-refractivity contribution in [3.63, 3.8) is 0 Å². The predicted molar refractivity (Wildman–Crippen MR) is 96.0 cm³/mol. The second-order valence-electron chi connectivity index (χ2n) is 4.49. The van der Waals surface area contributed by atoms with Gasteiger partial charge < -0.3 is 20.8 Å². The minimum Gasteiger partial charge on any atom is -0.465 e. The number of halogens is 1. The van der Waals surface area contributed by atoms with E-state index in [0.717, 1.165) is 6.21 Å². The number of carbonyl (C=O) groups excluding carboxylic acids is 1. The molecule has 0 aromatic heterocycles. The molecular weight excluding hydrogens is 332 g/mol. The van der Waals surface area contributed by atoms with Crippen molar-refractivity contribution in [3.05, 3.63) is 35.3 Å². The van der Waals surface area contributed by atoms with E-state index in [2.05, 4.69) is 27.3 Å². The van der Waals surface area contributed by atoms with Gasteiger partial charge in [0.05, 0.1) is 17.3 Å². The van der Waals surface area contributed by atoms with Crippen molar-refractivity contribution in [1.29, 1.82) is 5.41 Å². The highest BCUT2D eigenvalue weighted by atomic mass is 35.5. The molecule has 1 aliphatic rings. The number of esters is 1. The summed E-state index contributed by atoms with van der Waals surface area (Å²) in [5.41, 5.74) is 0.914. The number of allylic oxidation sites excluding steroid dienone is 3. The van der Waals surface area contributed by atoms with Crippen molar-refractivity contribution in [1.82, 2.24) is 15.6 Å². The average molecular weight is 353 g/mol. The Morgan fingerprint density at radius 1 is 1.54 bits per heavy atom. The number of hydrazone groups is 1. The van der Waals surface area contributed by atoms with Gasteiger partial charge in [-0.25, -0.2) is 4.99 Å². The van der Waals surface area contributed by atoms with Crippen LogP contribution in [0.15, 0.2) is 45.4 Å². The highest BCUT2D eigenvalue weighted by molar-refractivity contribution is 6.34. The largest absolute Gasteiger partial charge is 0.465 e. The van der Waals surface area contributed by atoms with Gasteiger partial charge in [-0.15, -0.1) is 5.10 Å². The lowest BCUT2D eigenvalue weighted by molar-refractivity contribution is -0.141. The Bertz CT molecular complexity index is 609. The Balaban J connectivity index is 2.81. The summed E-state index contributed by atoms with van der Waals surface area (Å²) in [6.45, 7) is 8.34. The number of nitrogens with zero attached hydrogens (tertiary/aromatic N) is 3. The van der Waals surface area contributed by atoms with Crippen LogP contribution in [0.1, 0.15) is 13.8 Å². The van der Waals surface area contributed by atoms with E-state index in [9.17, 15) is 4.79 Å². The van der Waals surface area contributed by atoms with Gasteiger partial charge in [-0.1, -0.05) is 18.2 Å². The zero-order valence-electron chi connectivity index (χ0n) is 13.7. The maximum absolute atomic E-state index is 11.3. The highest BCUT2D eigenvalue weighted by Crippen LogP contribution is 2.14. The molecule has 0 unspecified atom stereocenters. The van der Waals surface area contributed by atoms with Crippen molar-refractivity contribution in [2.24, 2.45) is 10.1 Å². The van der Waals surface area contributed by atoms with Crippen LogP contribution in [0.5, 0.6) is 0 Å². The summed E-state index contributed by atoms with van der Waals surface area (Å²) in [7, 11) is 0. The van der Waals surface area contributed by atoms with Gasteiger partial charge in [-0.3, -0.25) is 9.80 Å². The number of guanidine groups is 1. The van der Waals surface area contributed by atoms with Crippen LogP contribution in [-0.2, 0) is 9.53 Å². The molecule has 8 nitrogen and oxygen atoms in total. The number of aliphatic imine (C=N–C) groups is 1. The van der Waals surface area contributed by atoms with Crippen molar-refractivity contribution in [2.75, 3.05) is 19.7 Å². The van der Waals surface area contributed by atoms with E-state index in [1.807, 2.05) is 6.92 Å². The highest BCUT2D eigenvalue weighted by Gasteiger charge is 2.08. The molecule has 0 radical (unpaired) electrons. The molecule has 0 spiro atoms. The first kappa shape index (κ1) is 19.4. The molecule has 130 valence electrons. The van der Waals surface area contributed by atoms with Gasteiger partial charge in [-0.2, -0.15) is 0 Å². The Morgan fingerprint density at radius 3 is 2.92 bits per heavy atom. The van der Waals surface area contributed by atoms with Crippen LogP contribution in [0, 0.1) is 5.41 Å². The number of carbonyl (C=O) groups is 1. The summed E-state index contributed by atoms with van der Waals surface area (Å²) in [5, 5.41) is 19.4. The third-order valence-electron chi connectivity index (χ3n) is 2.68. The summed E-state index contributed by atoms with van der Waals surface area (Å²) < 4.78 is 4.80. The van der Waals surface area contributed by atoms with Crippen LogP contribution in [0.3, 0.4) is 0 Å². The Hall–Kier alpha value is -2.61. The fraction of sp³-hybridized carbons (Fsp3) is 0.333. The van der Waals surface area contributed by atoms with E-state index in [1.54, 1.807) is 18.1 Å². The van der Waals surface area contributed by atoms with E-state index in [-0.39, 0.29) is 18.5 Å². The van der Waals surface area contributed by atoms with Crippen LogP contribution in [-0.4, -0.2) is 49.1 Å². The summed E-state index contributed by atoms with van der Waals surface area (Å²) >= 11 is 6.06. The first-order valence-corrected chi connectivity index (χ1v) is 7.70. The molecule has 3 N–H and O–H groups in total. The maximum Gasteiger partial charge on any atom is 0.325 e. The third-order valence-corrected chi connectivity index (χ3v) is 3.02. The van der Waals surface area contributed by atoms with Gasteiger partial charge in [0.2, 0.25) is 5.96 Å². The number of hydrogen-bond acceptors (Lipinski definition) is 8. The molecule has 9 heteroatoms. The number of nitrogens with one attached hydrogen (secondary N) is 3. The minimum atomic E-state index is -0.382. The molecule has 1 heterocycles. The molecule has 0 amide bonds. The molecule has 0 aromatic carbocycles. The molecule has 0 aromatic rings. The van der Waals surface area contributed by atoms with Crippen LogP contribution in [0.2, 0.25) is 0 Å². The summed E-state index contributed by atoms with van der Waals surface area (Å²) in [5.74, 6) is -0.126. The minimum absolute atomic E-state index is 0.00115. The van der Waals surface area contributed by atoms with Crippen molar-refractivity contribution in [3.8, 4) is 0 Å². The molecule has 0 aliphatic carbocycles. The fourth-order valence-electron chi connectivity index (χ4n) is 1.51. The van der Waals surface area contributed by atoms with Gasteiger partial charge >= 0.3 is 5.97 Å². The second-order valence-corrected chi connectivity index (χ2v) is 4.90. The number of rotatable bonds is 7. The molecule has 0 saturated heterocycles. The Labute approximate surface area is 146 Å². The SMILES string of the molecule is C=C1/C=N\C(N/C(C=N)=C/NCC(=O)OCC)=N/N(CC)/C=C\1Cl. The lowest BCUT2D eigenvalue weighted by Crippen LogP contribution is -2.28. The van der Waals surface area contributed by atoms with Crippen molar-refractivity contribution < 1.29 is 9.53 Å². The van der Waals surface area contributed by atoms with E-state index in [4.69, 9.17) is 21.7 Å². The van der Waals surface area contributed by atoms with Gasteiger partial charge in [0.25, 0.3) is 0 Å². The topological polar surface area (TPSA) is 102 Å². The molecule has 1 aliphatic heterocycles. The summed E-state index contributed by atoms with van der Waals surface area (Å²) in [6.07, 6.45) is 5.66. The Morgan fingerprint density at radius 2 is 2.29 bits per heavy atom. The van der Waals surface area contributed by atoms with Gasteiger partial charge in [0.15, 0.2) is 0 Å². The third kappa shape index (κ3) is 6.66. The van der Waals surface area contributed by atoms with Crippen molar-refractivity contribution >= 4 is 36.0 Å². The van der Waals surface area contributed by atoms with Crippen molar-refractivity contribution in [2.45, 2.75) is 13.8 Å². The zero-order chi connectivity index (χ0) is 17.9. The lowest BCUT2D eigenvalue weighted by atomic mass is 10.3. The molecule has 0 fully saturated rings. The first-order chi connectivity index (χ1) is 11.5. The molecule has 24 heavy (non-hydrogen) atoms. The normalized spacial score (nSPS) is 20.7. The molecule has 0 saturated carbocycles. The average Bonchev–Trinajstić information content (AvgIpc) is 2.56. The van der Waals surface area contributed by atoms with Crippen LogP contribution < -0.4 is 10.6 Å². The van der Waals surface area contributed by atoms with Gasteiger partial charge in [0.1, 0.15) is 6.54 Å². The number of hydrogen-bond donors (Lipinski definition) is 3. The monoisotopic (exact) mass is 352 g/mol. The van der Waals surface area contributed by atoms with E-state index >= 15 is 0 Å². The zero-order valence-corrected chi connectivity index (χ0v) is 14.4. The molecule has 1 rings (SSSR count). The number of ether oxygens (including phenoxy) is 1. The predicted octanol–water partition coefficient (Wildman–Crippen LogP) is 1.53. The Kier molecular flexibility index (Phi) is 8.28. The van der Waals surface area contributed by atoms with E-state index in [1.165, 1.54) is 12.4 Å². The molecular formula is C15H21ClN6O2. The van der Waals surface area contributed by atoms with Crippen LogP contribution in [0.25, 0.3) is 0 Å². The summed E-state index contributed by atoms with van der Waals surface area (Å²) in [6, 6.07) is 0.